The van der Waals surface area contributed by atoms with Crippen LogP contribution in [0.1, 0.15) is 33.8 Å². The van der Waals surface area contributed by atoms with Crippen molar-refractivity contribution in [3.63, 3.8) is 0 Å². The van der Waals surface area contributed by atoms with Gasteiger partial charge in [-0.3, -0.25) is 0 Å². The summed E-state index contributed by atoms with van der Waals surface area (Å²) < 4.78 is 41.0. The van der Waals surface area contributed by atoms with Crippen LogP contribution in [-0.2, 0) is 0 Å². The van der Waals surface area contributed by atoms with Gasteiger partial charge in [0.2, 0.25) is 0 Å². The first-order valence-electron chi connectivity index (χ1n) is 6.38. The molecule has 1 unspecified atom stereocenters. The fourth-order valence-corrected chi connectivity index (χ4v) is 3.30. The predicted molar refractivity (Wildman–Crippen MR) is 75.6 cm³/mol. The van der Waals surface area contributed by atoms with E-state index in [1.165, 1.54) is 0 Å². The zero-order valence-corrected chi connectivity index (χ0v) is 12.4. The molecule has 0 aliphatic carbocycles. The van der Waals surface area contributed by atoms with Crippen LogP contribution in [0.2, 0.25) is 0 Å². The molecular formula is C15H16F3NS. The molecule has 0 aliphatic rings. The van der Waals surface area contributed by atoms with E-state index in [9.17, 15) is 13.2 Å². The molecule has 1 heterocycles. The third-order valence-corrected chi connectivity index (χ3v) is 4.11. The van der Waals surface area contributed by atoms with Crippen molar-refractivity contribution in [1.82, 2.24) is 5.32 Å². The predicted octanol–water partition coefficient (Wildman–Crippen LogP) is 4.48. The molecule has 1 N–H and O–H groups in total. The van der Waals surface area contributed by atoms with Gasteiger partial charge < -0.3 is 5.32 Å². The number of aryl methyl sites for hydroxylation is 2. The largest absolute Gasteiger partial charge is 0.306 e. The lowest BCUT2D eigenvalue weighted by atomic mass is 9.97. The number of hydrogen-bond acceptors (Lipinski definition) is 2. The van der Waals surface area contributed by atoms with E-state index in [0.29, 0.717) is 6.54 Å². The zero-order valence-electron chi connectivity index (χ0n) is 11.6. The first-order chi connectivity index (χ1) is 9.43. The average molecular weight is 299 g/mol. The topological polar surface area (TPSA) is 12.0 Å². The molecule has 1 nitrogen and oxygen atoms in total. The van der Waals surface area contributed by atoms with E-state index in [0.717, 1.165) is 27.5 Å². The fourth-order valence-electron chi connectivity index (χ4n) is 2.34. The summed E-state index contributed by atoms with van der Waals surface area (Å²) in [6, 6.07) is 2.75. The lowest BCUT2D eigenvalue weighted by Gasteiger charge is -2.20. The lowest BCUT2D eigenvalue weighted by molar-refractivity contribution is 0.491. The number of rotatable bonds is 4. The lowest BCUT2D eigenvalue weighted by Crippen LogP contribution is -2.24. The van der Waals surface area contributed by atoms with Crippen molar-refractivity contribution in [3.8, 4) is 0 Å². The van der Waals surface area contributed by atoms with E-state index in [4.69, 9.17) is 0 Å². The Labute approximate surface area is 120 Å². The smallest absolute Gasteiger partial charge is 0.134 e. The minimum atomic E-state index is -0.905. The molecule has 1 atom stereocenters. The van der Waals surface area contributed by atoms with Crippen LogP contribution in [-0.4, -0.2) is 6.54 Å². The van der Waals surface area contributed by atoms with E-state index >= 15 is 0 Å². The number of thiophene rings is 1. The quantitative estimate of drug-likeness (QED) is 0.877. The van der Waals surface area contributed by atoms with E-state index in [1.807, 2.05) is 26.8 Å². The number of halogens is 3. The highest BCUT2D eigenvalue weighted by atomic mass is 32.1. The fraction of sp³-hybridized carbons (Fsp3) is 0.333. The Morgan fingerprint density at radius 1 is 1.10 bits per heavy atom. The van der Waals surface area contributed by atoms with Crippen LogP contribution >= 0.6 is 11.3 Å². The van der Waals surface area contributed by atoms with Gasteiger partial charge in [-0.1, -0.05) is 6.92 Å². The molecular weight excluding hydrogens is 283 g/mol. The Balaban J connectivity index is 2.57. The zero-order chi connectivity index (χ0) is 14.9. The van der Waals surface area contributed by atoms with Crippen LogP contribution in [0.3, 0.4) is 0 Å². The summed E-state index contributed by atoms with van der Waals surface area (Å²) in [5.74, 6) is -2.63. The minimum absolute atomic E-state index is 0.130. The van der Waals surface area contributed by atoms with Crippen LogP contribution in [0.15, 0.2) is 18.2 Å². The SMILES string of the molecule is CCNC(c1cc(C)sc1C)c1c(F)cc(F)cc1F. The molecule has 0 amide bonds. The van der Waals surface area contributed by atoms with Gasteiger partial charge in [-0.15, -0.1) is 11.3 Å². The second-order valence-corrected chi connectivity index (χ2v) is 6.10. The molecule has 0 radical (unpaired) electrons. The van der Waals surface area contributed by atoms with Gasteiger partial charge in [0.25, 0.3) is 0 Å². The van der Waals surface area contributed by atoms with Crippen LogP contribution in [0.25, 0.3) is 0 Å². The van der Waals surface area contributed by atoms with Crippen LogP contribution in [0.5, 0.6) is 0 Å². The summed E-state index contributed by atoms with van der Waals surface area (Å²) >= 11 is 1.57. The standard InChI is InChI=1S/C15H16F3NS/c1-4-19-15(11-5-8(2)20-9(11)3)14-12(17)6-10(16)7-13(14)18/h5-7,15,19H,4H2,1-3H3. The molecule has 2 aromatic rings. The third-order valence-electron chi connectivity index (χ3n) is 3.13. The summed E-state index contributed by atoms with van der Waals surface area (Å²) in [7, 11) is 0. The number of hydrogen-bond donors (Lipinski definition) is 1. The van der Waals surface area contributed by atoms with E-state index in [1.54, 1.807) is 11.3 Å². The highest BCUT2D eigenvalue weighted by molar-refractivity contribution is 7.12. The maximum atomic E-state index is 14.0. The molecule has 0 spiro atoms. The Bertz CT molecular complexity index is 599. The second kappa shape index (κ2) is 5.97. The molecule has 0 bridgehead atoms. The first-order valence-corrected chi connectivity index (χ1v) is 7.20. The Morgan fingerprint density at radius 3 is 2.15 bits per heavy atom. The van der Waals surface area contributed by atoms with Gasteiger partial charge in [0.1, 0.15) is 17.5 Å². The number of benzene rings is 1. The van der Waals surface area contributed by atoms with E-state index < -0.39 is 23.5 Å². The molecule has 0 fully saturated rings. The van der Waals surface area contributed by atoms with Crippen LogP contribution in [0.4, 0.5) is 13.2 Å². The van der Waals surface area contributed by atoms with Crippen molar-refractivity contribution in [2.75, 3.05) is 6.54 Å². The summed E-state index contributed by atoms with van der Waals surface area (Å²) in [6.45, 7) is 6.27. The highest BCUT2D eigenvalue weighted by Gasteiger charge is 2.24. The first kappa shape index (κ1) is 15.1. The molecule has 0 aliphatic heterocycles. The van der Waals surface area contributed by atoms with E-state index in [2.05, 4.69) is 5.32 Å². The molecule has 0 saturated heterocycles. The monoisotopic (exact) mass is 299 g/mol. The third kappa shape index (κ3) is 2.88. The summed E-state index contributed by atoms with van der Waals surface area (Å²) in [5, 5.41) is 3.07. The van der Waals surface area contributed by atoms with Gasteiger partial charge in [0.05, 0.1) is 6.04 Å². The van der Waals surface area contributed by atoms with Gasteiger partial charge in [-0.05, 0) is 32.0 Å². The summed E-state index contributed by atoms with van der Waals surface area (Å²) in [4.78, 5) is 2.07. The molecule has 5 heteroatoms. The Kier molecular flexibility index (Phi) is 4.50. The minimum Gasteiger partial charge on any atom is -0.306 e. The average Bonchev–Trinajstić information content (AvgIpc) is 2.66. The van der Waals surface area contributed by atoms with E-state index in [-0.39, 0.29) is 5.56 Å². The summed E-state index contributed by atoms with van der Waals surface area (Å²) in [6.07, 6.45) is 0. The van der Waals surface area contributed by atoms with Crippen molar-refractivity contribution < 1.29 is 13.2 Å². The van der Waals surface area contributed by atoms with Gasteiger partial charge in [-0.2, -0.15) is 0 Å². The number of nitrogens with one attached hydrogen (secondary N) is 1. The van der Waals surface area contributed by atoms with Gasteiger partial charge in [0, 0.05) is 27.5 Å². The van der Waals surface area contributed by atoms with Crippen molar-refractivity contribution >= 4 is 11.3 Å². The Morgan fingerprint density at radius 2 is 1.70 bits per heavy atom. The molecule has 108 valence electrons. The second-order valence-electron chi connectivity index (χ2n) is 4.64. The van der Waals surface area contributed by atoms with Gasteiger partial charge in [-0.25, -0.2) is 13.2 Å². The van der Waals surface area contributed by atoms with Gasteiger partial charge in [0.15, 0.2) is 0 Å². The van der Waals surface area contributed by atoms with Crippen molar-refractivity contribution in [2.24, 2.45) is 0 Å². The molecule has 0 saturated carbocycles. The maximum absolute atomic E-state index is 14.0. The summed E-state index contributed by atoms with van der Waals surface area (Å²) in [5.41, 5.74) is 0.702. The van der Waals surface area contributed by atoms with Crippen molar-refractivity contribution in [3.05, 3.63) is 56.5 Å². The molecule has 1 aromatic heterocycles. The maximum Gasteiger partial charge on any atom is 0.134 e. The van der Waals surface area contributed by atoms with Crippen LogP contribution in [0, 0.1) is 31.3 Å². The molecule has 20 heavy (non-hydrogen) atoms. The van der Waals surface area contributed by atoms with Crippen molar-refractivity contribution in [2.45, 2.75) is 26.8 Å². The molecule has 2 rings (SSSR count). The Hall–Kier alpha value is -1.33. The van der Waals surface area contributed by atoms with Gasteiger partial charge >= 0.3 is 0 Å². The van der Waals surface area contributed by atoms with Crippen LogP contribution < -0.4 is 5.32 Å². The molecule has 1 aromatic carbocycles. The highest BCUT2D eigenvalue weighted by Crippen LogP contribution is 2.33. The van der Waals surface area contributed by atoms with Crippen molar-refractivity contribution in [1.29, 1.82) is 0 Å². The normalized spacial score (nSPS) is 12.7.